The Morgan fingerprint density at radius 2 is 2.21 bits per heavy atom. The molecule has 0 bridgehead atoms. The van der Waals surface area contributed by atoms with Crippen molar-refractivity contribution in [3.05, 3.63) is 35.7 Å². The van der Waals surface area contributed by atoms with E-state index in [0.29, 0.717) is 17.4 Å². The van der Waals surface area contributed by atoms with E-state index in [2.05, 4.69) is 10.2 Å². The summed E-state index contributed by atoms with van der Waals surface area (Å²) in [6.45, 7) is 0. The third kappa shape index (κ3) is 2.35. The number of hydrogen-bond donors (Lipinski definition) is 1. The molecule has 0 saturated carbocycles. The molecule has 5 nitrogen and oxygen atoms in total. The normalized spacial score (nSPS) is 18.6. The van der Waals surface area contributed by atoms with Crippen molar-refractivity contribution in [2.24, 2.45) is 0 Å². The van der Waals surface area contributed by atoms with Crippen molar-refractivity contribution >= 4 is 17.7 Å². The van der Waals surface area contributed by atoms with Crippen LogP contribution in [0, 0.1) is 0 Å². The minimum atomic E-state index is -0.994. The summed E-state index contributed by atoms with van der Waals surface area (Å²) in [5, 5.41) is 17.2. The Balaban J connectivity index is 1.96. The first-order valence-corrected chi connectivity index (χ1v) is 7.15. The van der Waals surface area contributed by atoms with Crippen LogP contribution in [0.4, 0.5) is 0 Å². The van der Waals surface area contributed by atoms with Crippen molar-refractivity contribution < 1.29 is 14.3 Å². The third-order valence-electron chi connectivity index (χ3n) is 3.11. The van der Waals surface area contributed by atoms with Gasteiger partial charge in [0.05, 0.1) is 11.1 Å². The van der Waals surface area contributed by atoms with Gasteiger partial charge in [-0.15, -0.1) is 10.2 Å². The van der Waals surface area contributed by atoms with Gasteiger partial charge >= 0.3 is 5.97 Å². The average Bonchev–Trinajstić information content (AvgIpc) is 3.09. The van der Waals surface area contributed by atoms with Crippen LogP contribution in [-0.2, 0) is 0 Å². The van der Waals surface area contributed by atoms with Gasteiger partial charge in [-0.25, -0.2) is 4.79 Å². The molecule has 1 saturated heterocycles. The lowest BCUT2D eigenvalue weighted by Gasteiger charge is -2.02. The van der Waals surface area contributed by atoms with E-state index in [1.165, 1.54) is 6.07 Å². The van der Waals surface area contributed by atoms with Crippen molar-refractivity contribution in [1.82, 2.24) is 10.2 Å². The Bertz CT molecular complexity index is 605. The number of rotatable bonds is 3. The van der Waals surface area contributed by atoms with Gasteiger partial charge in [-0.05, 0) is 24.3 Å². The predicted molar refractivity (Wildman–Crippen MR) is 71.4 cm³/mol. The zero-order chi connectivity index (χ0) is 13.2. The molecule has 1 aromatic carbocycles. The maximum atomic E-state index is 11.2. The van der Waals surface area contributed by atoms with Gasteiger partial charge in [0.15, 0.2) is 0 Å². The molecule has 1 unspecified atom stereocenters. The minimum absolute atomic E-state index is 0.179. The number of hydrogen-bond acceptors (Lipinski definition) is 5. The first-order valence-electron chi connectivity index (χ1n) is 5.99. The van der Waals surface area contributed by atoms with Crippen molar-refractivity contribution in [3.8, 4) is 11.5 Å². The number of aromatic carboxylic acids is 1. The SMILES string of the molecule is O=C(O)c1ccccc1-c1nnc(C2CCSC2)o1. The van der Waals surface area contributed by atoms with Crippen LogP contribution in [0.25, 0.3) is 11.5 Å². The number of carboxylic acid groups (broad SMARTS) is 1. The fourth-order valence-corrected chi connectivity index (χ4v) is 3.31. The third-order valence-corrected chi connectivity index (χ3v) is 4.27. The summed E-state index contributed by atoms with van der Waals surface area (Å²) in [6, 6.07) is 6.66. The number of benzene rings is 1. The Kier molecular flexibility index (Phi) is 3.25. The highest BCUT2D eigenvalue weighted by Gasteiger charge is 2.24. The number of thioether (sulfide) groups is 1. The van der Waals surface area contributed by atoms with E-state index >= 15 is 0 Å². The monoisotopic (exact) mass is 276 g/mol. The van der Waals surface area contributed by atoms with Crippen molar-refractivity contribution in [2.45, 2.75) is 12.3 Å². The van der Waals surface area contributed by atoms with Crippen molar-refractivity contribution in [3.63, 3.8) is 0 Å². The molecule has 0 amide bonds. The van der Waals surface area contributed by atoms with Crippen LogP contribution in [0.3, 0.4) is 0 Å². The highest BCUT2D eigenvalue weighted by molar-refractivity contribution is 7.99. The lowest BCUT2D eigenvalue weighted by atomic mass is 10.1. The molecule has 98 valence electrons. The molecule has 0 aliphatic carbocycles. The molecule has 1 N–H and O–H groups in total. The van der Waals surface area contributed by atoms with Gasteiger partial charge in [-0.1, -0.05) is 12.1 Å². The van der Waals surface area contributed by atoms with Crippen LogP contribution in [-0.4, -0.2) is 32.8 Å². The van der Waals surface area contributed by atoms with E-state index < -0.39 is 5.97 Å². The zero-order valence-corrected chi connectivity index (χ0v) is 10.9. The van der Waals surface area contributed by atoms with Crippen LogP contribution in [0.5, 0.6) is 0 Å². The van der Waals surface area contributed by atoms with Crippen molar-refractivity contribution in [1.29, 1.82) is 0 Å². The fraction of sp³-hybridized carbons (Fsp3) is 0.308. The van der Waals surface area contributed by atoms with Crippen LogP contribution in [0.2, 0.25) is 0 Å². The molecule has 2 heterocycles. The summed E-state index contributed by atoms with van der Waals surface area (Å²) in [4.78, 5) is 11.2. The molecule has 1 aromatic heterocycles. The van der Waals surface area contributed by atoms with Crippen LogP contribution in [0.1, 0.15) is 28.6 Å². The van der Waals surface area contributed by atoms with E-state index in [1.54, 1.807) is 18.2 Å². The molecule has 2 aromatic rings. The Morgan fingerprint density at radius 3 is 2.95 bits per heavy atom. The number of carboxylic acids is 1. The Morgan fingerprint density at radius 1 is 1.37 bits per heavy atom. The van der Waals surface area contributed by atoms with Gasteiger partial charge in [-0.3, -0.25) is 0 Å². The molecular weight excluding hydrogens is 264 g/mol. The Hall–Kier alpha value is -1.82. The topological polar surface area (TPSA) is 76.2 Å². The highest BCUT2D eigenvalue weighted by Crippen LogP contribution is 2.33. The number of nitrogens with zero attached hydrogens (tertiary/aromatic N) is 2. The van der Waals surface area contributed by atoms with E-state index in [-0.39, 0.29) is 11.5 Å². The van der Waals surface area contributed by atoms with Gasteiger partial charge in [0.25, 0.3) is 0 Å². The summed E-state index contributed by atoms with van der Waals surface area (Å²) in [5.41, 5.74) is 0.651. The zero-order valence-electron chi connectivity index (χ0n) is 10.1. The Labute approximate surface area is 114 Å². The molecule has 3 rings (SSSR count). The first-order chi connectivity index (χ1) is 9.25. The standard InChI is InChI=1S/C13H12N2O3S/c16-13(17)10-4-2-1-3-9(10)12-15-14-11(18-12)8-5-6-19-7-8/h1-4,8H,5-7H2,(H,16,17). The highest BCUT2D eigenvalue weighted by atomic mass is 32.2. The second kappa shape index (κ2) is 5.05. The van der Waals surface area contributed by atoms with E-state index in [9.17, 15) is 4.79 Å². The summed E-state index contributed by atoms with van der Waals surface area (Å²) in [6.07, 6.45) is 1.03. The van der Waals surface area contributed by atoms with Crippen molar-refractivity contribution in [2.75, 3.05) is 11.5 Å². The molecule has 1 aliphatic heterocycles. The van der Waals surface area contributed by atoms with Gasteiger partial charge in [0.1, 0.15) is 0 Å². The summed E-state index contributed by atoms with van der Waals surface area (Å²) >= 11 is 1.87. The average molecular weight is 276 g/mol. The summed E-state index contributed by atoms with van der Waals surface area (Å²) in [7, 11) is 0. The summed E-state index contributed by atoms with van der Waals surface area (Å²) < 4.78 is 5.65. The summed E-state index contributed by atoms with van der Waals surface area (Å²) in [5.74, 6) is 2.29. The van der Waals surface area contributed by atoms with Crippen LogP contribution >= 0.6 is 11.8 Å². The molecular formula is C13H12N2O3S. The molecule has 19 heavy (non-hydrogen) atoms. The second-order valence-electron chi connectivity index (χ2n) is 4.36. The second-order valence-corrected chi connectivity index (χ2v) is 5.51. The molecule has 6 heteroatoms. The van der Waals surface area contributed by atoms with E-state index in [1.807, 2.05) is 11.8 Å². The molecule has 1 atom stereocenters. The molecule has 0 radical (unpaired) electrons. The number of carbonyl (C=O) groups is 1. The van der Waals surface area contributed by atoms with E-state index in [4.69, 9.17) is 9.52 Å². The molecule has 0 spiro atoms. The van der Waals surface area contributed by atoms with Gasteiger partial charge in [0, 0.05) is 11.7 Å². The van der Waals surface area contributed by atoms with Crippen LogP contribution < -0.4 is 0 Å². The smallest absolute Gasteiger partial charge is 0.336 e. The largest absolute Gasteiger partial charge is 0.478 e. The fourth-order valence-electron chi connectivity index (χ4n) is 2.09. The first kappa shape index (κ1) is 12.2. The van der Waals surface area contributed by atoms with Gasteiger partial charge in [0.2, 0.25) is 11.8 Å². The lowest BCUT2D eigenvalue weighted by Crippen LogP contribution is -1.99. The predicted octanol–water partition coefficient (Wildman–Crippen LogP) is 2.66. The minimum Gasteiger partial charge on any atom is -0.478 e. The van der Waals surface area contributed by atoms with Gasteiger partial charge < -0.3 is 9.52 Å². The lowest BCUT2D eigenvalue weighted by molar-refractivity contribution is 0.0697. The number of aromatic nitrogens is 2. The molecule has 1 fully saturated rings. The van der Waals surface area contributed by atoms with Gasteiger partial charge in [-0.2, -0.15) is 11.8 Å². The quantitative estimate of drug-likeness (QED) is 0.928. The molecule has 1 aliphatic rings. The van der Waals surface area contributed by atoms with Crippen LogP contribution in [0.15, 0.2) is 28.7 Å². The van der Waals surface area contributed by atoms with E-state index in [0.717, 1.165) is 17.9 Å². The maximum absolute atomic E-state index is 11.2. The maximum Gasteiger partial charge on any atom is 0.336 e.